The molecule has 1 aliphatic rings. The molecular weight excluding hydrogens is 422 g/mol. The maximum Gasteiger partial charge on any atom is 0.254 e. The SMILES string of the molecule is CC(=O)N1CCCN(Cc2ccccc2)CCN(C(=O)c2ccc(C)cc2)Cc2ccccc21. The number of carbonyl (C=O) groups is 2. The minimum Gasteiger partial charge on any atom is -0.333 e. The third kappa shape index (κ3) is 5.91. The van der Waals surface area contributed by atoms with Crippen LogP contribution in [-0.2, 0) is 17.9 Å². The van der Waals surface area contributed by atoms with E-state index >= 15 is 0 Å². The Morgan fingerprint density at radius 3 is 2.24 bits per heavy atom. The molecular formula is C29H33N3O2. The topological polar surface area (TPSA) is 43.9 Å². The lowest BCUT2D eigenvalue weighted by atomic mass is 10.1. The zero-order valence-electron chi connectivity index (χ0n) is 20.1. The molecule has 0 spiro atoms. The summed E-state index contributed by atoms with van der Waals surface area (Å²) >= 11 is 0. The summed E-state index contributed by atoms with van der Waals surface area (Å²) in [6.07, 6.45) is 0.868. The largest absolute Gasteiger partial charge is 0.333 e. The molecule has 0 bridgehead atoms. The first-order valence-electron chi connectivity index (χ1n) is 12.0. The third-order valence-electron chi connectivity index (χ3n) is 6.40. The van der Waals surface area contributed by atoms with Crippen LogP contribution in [0.5, 0.6) is 0 Å². The van der Waals surface area contributed by atoms with Crippen LogP contribution >= 0.6 is 0 Å². The van der Waals surface area contributed by atoms with Gasteiger partial charge in [0.2, 0.25) is 5.91 Å². The number of rotatable bonds is 3. The highest BCUT2D eigenvalue weighted by Gasteiger charge is 2.23. The number of para-hydroxylation sites is 1. The number of hydrogen-bond donors (Lipinski definition) is 0. The summed E-state index contributed by atoms with van der Waals surface area (Å²) in [6.45, 7) is 7.83. The van der Waals surface area contributed by atoms with Crippen molar-refractivity contribution in [1.82, 2.24) is 9.80 Å². The fourth-order valence-corrected chi connectivity index (χ4v) is 4.52. The van der Waals surface area contributed by atoms with Gasteiger partial charge in [-0.1, -0.05) is 66.2 Å². The summed E-state index contributed by atoms with van der Waals surface area (Å²) in [7, 11) is 0. The lowest BCUT2D eigenvalue weighted by Gasteiger charge is -2.28. The Morgan fingerprint density at radius 1 is 0.794 bits per heavy atom. The first-order chi connectivity index (χ1) is 16.5. The molecule has 0 saturated heterocycles. The van der Waals surface area contributed by atoms with Gasteiger partial charge in [-0.15, -0.1) is 0 Å². The van der Waals surface area contributed by atoms with Gasteiger partial charge in [0.25, 0.3) is 5.91 Å². The number of carbonyl (C=O) groups excluding carboxylic acids is 2. The number of hydrogen-bond acceptors (Lipinski definition) is 3. The highest BCUT2D eigenvalue weighted by atomic mass is 16.2. The Morgan fingerprint density at radius 2 is 1.50 bits per heavy atom. The van der Waals surface area contributed by atoms with Crippen LogP contribution in [0.4, 0.5) is 5.69 Å². The van der Waals surface area contributed by atoms with E-state index in [1.807, 2.05) is 71.3 Å². The number of nitrogens with zero attached hydrogens (tertiary/aromatic N) is 3. The molecule has 176 valence electrons. The summed E-state index contributed by atoms with van der Waals surface area (Å²) in [4.78, 5) is 32.3. The molecule has 34 heavy (non-hydrogen) atoms. The quantitative estimate of drug-likeness (QED) is 0.564. The Labute approximate surface area is 202 Å². The fourth-order valence-electron chi connectivity index (χ4n) is 4.52. The molecule has 0 unspecified atom stereocenters. The van der Waals surface area contributed by atoms with Crippen molar-refractivity contribution in [3.63, 3.8) is 0 Å². The predicted octanol–water partition coefficient (Wildman–Crippen LogP) is 4.90. The number of benzene rings is 3. The van der Waals surface area contributed by atoms with E-state index in [1.54, 1.807) is 6.92 Å². The summed E-state index contributed by atoms with van der Waals surface area (Å²) in [5.74, 6) is 0.0424. The number of aryl methyl sites for hydroxylation is 1. The molecule has 0 atom stereocenters. The van der Waals surface area contributed by atoms with Gasteiger partial charge in [-0.25, -0.2) is 0 Å². The molecule has 0 aromatic heterocycles. The zero-order valence-corrected chi connectivity index (χ0v) is 20.1. The molecule has 5 heteroatoms. The highest BCUT2D eigenvalue weighted by Crippen LogP contribution is 2.24. The normalized spacial score (nSPS) is 15.4. The van der Waals surface area contributed by atoms with E-state index in [0.29, 0.717) is 25.2 Å². The van der Waals surface area contributed by atoms with Crippen molar-refractivity contribution in [1.29, 1.82) is 0 Å². The molecule has 2 amide bonds. The fraction of sp³-hybridized carbons (Fsp3) is 0.310. The number of anilines is 1. The average Bonchev–Trinajstić information content (AvgIpc) is 2.88. The monoisotopic (exact) mass is 455 g/mol. The van der Waals surface area contributed by atoms with Gasteiger partial charge in [0, 0.05) is 57.4 Å². The molecule has 3 aromatic carbocycles. The molecule has 0 saturated carbocycles. The van der Waals surface area contributed by atoms with Crippen molar-refractivity contribution in [3.8, 4) is 0 Å². The van der Waals surface area contributed by atoms with Gasteiger partial charge in [0.15, 0.2) is 0 Å². The molecule has 5 nitrogen and oxygen atoms in total. The first-order valence-corrected chi connectivity index (χ1v) is 12.0. The van der Waals surface area contributed by atoms with Crippen LogP contribution in [0.3, 0.4) is 0 Å². The van der Waals surface area contributed by atoms with E-state index in [9.17, 15) is 9.59 Å². The van der Waals surface area contributed by atoms with Gasteiger partial charge in [-0.2, -0.15) is 0 Å². The van der Waals surface area contributed by atoms with Crippen LogP contribution in [0.25, 0.3) is 0 Å². The lowest BCUT2D eigenvalue weighted by molar-refractivity contribution is -0.116. The van der Waals surface area contributed by atoms with Crippen LogP contribution < -0.4 is 4.90 Å². The van der Waals surface area contributed by atoms with Gasteiger partial charge in [-0.3, -0.25) is 14.5 Å². The molecule has 0 radical (unpaired) electrons. The average molecular weight is 456 g/mol. The van der Waals surface area contributed by atoms with Crippen LogP contribution in [0.1, 0.15) is 40.4 Å². The Hall–Kier alpha value is -3.44. The van der Waals surface area contributed by atoms with Gasteiger partial charge in [-0.05, 0) is 42.7 Å². The maximum atomic E-state index is 13.6. The second kappa shape index (κ2) is 11.1. The van der Waals surface area contributed by atoms with Gasteiger partial charge in [0.1, 0.15) is 0 Å². The van der Waals surface area contributed by atoms with Crippen molar-refractivity contribution in [2.24, 2.45) is 0 Å². The molecule has 0 aliphatic carbocycles. The maximum absolute atomic E-state index is 13.6. The summed E-state index contributed by atoms with van der Waals surface area (Å²) < 4.78 is 0. The van der Waals surface area contributed by atoms with E-state index in [4.69, 9.17) is 0 Å². The highest BCUT2D eigenvalue weighted by molar-refractivity contribution is 5.95. The summed E-state index contributed by atoms with van der Waals surface area (Å²) in [5.41, 5.74) is 4.96. The van der Waals surface area contributed by atoms with Crippen molar-refractivity contribution >= 4 is 17.5 Å². The lowest BCUT2D eigenvalue weighted by Crippen LogP contribution is -2.38. The molecule has 4 rings (SSSR count). The first kappa shape index (κ1) is 23.7. The smallest absolute Gasteiger partial charge is 0.254 e. The summed E-state index contributed by atoms with van der Waals surface area (Å²) in [5, 5.41) is 0. The Bertz CT molecular complexity index is 1110. The van der Waals surface area contributed by atoms with Crippen LogP contribution in [0.15, 0.2) is 78.9 Å². The molecule has 3 aromatic rings. The third-order valence-corrected chi connectivity index (χ3v) is 6.40. The van der Waals surface area contributed by atoms with Crippen LogP contribution in [0, 0.1) is 6.92 Å². The summed E-state index contributed by atoms with van der Waals surface area (Å²) in [6, 6.07) is 26.1. The van der Waals surface area contributed by atoms with Gasteiger partial charge in [0.05, 0.1) is 0 Å². The number of fused-ring (bicyclic) bond motifs is 1. The molecule has 1 heterocycles. The van der Waals surface area contributed by atoms with Crippen molar-refractivity contribution in [2.75, 3.05) is 31.1 Å². The van der Waals surface area contributed by atoms with E-state index in [2.05, 4.69) is 29.2 Å². The second-order valence-corrected chi connectivity index (χ2v) is 9.01. The van der Waals surface area contributed by atoms with Gasteiger partial charge < -0.3 is 9.80 Å². The Balaban J connectivity index is 1.66. The standard InChI is InChI=1S/C29H33N3O2/c1-23-13-15-26(16-14-23)29(34)31-20-19-30(21-25-9-4-3-5-10-25)17-8-18-32(24(2)33)28-12-7-6-11-27(28)22-31/h3-7,9-16H,8,17-22H2,1-2H3. The minimum absolute atomic E-state index is 0.0167. The van der Waals surface area contributed by atoms with E-state index in [-0.39, 0.29) is 11.8 Å². The van der Waals surface area contributed by atoms with Crippen molar-refractivity contribution < 1.29 is 9.59 Å². The molecule has 0 N–H and O–H groups in total. The second-order valence-electron chi connectivity index (χ2n) is 9.01. The van der Waals surface area contributed by atoms with Gasteiger partial charge >= 0.3 is 0 Å². The predicted molar refractivity (Wildman–Crippen MR) is 137 cm³/mol. The van der Waals surface area contributed by atoms with Crippen LogP contribution in [-0.4, -0.2) is 47.8 Å². The van der Waals surface area contributed by atoms with E-state index < -0.39 is 0 Å². The van der Waals surface area contributed by atoms with Crippen LogP contribution in [0.2, 0.25) is 0 Å². The van der Waals surface area contributed by atoms with Crippen molar-refractivity contribution in [2.45, 2.75) is 33.4 Å². The molecule has 1 aliphatic heterocycles. The van der Waals surface area contributed by atoms with E-state index in [0.717, 1.165) is 42.9 Å². The number of amides is 2. The zero-order chi connectivity index (χ0) is 23.9. The molecule has 0 fully saturated rings. The van der Waals surface area contributed by atoms with E-state index in [1.165, 1.54) is 5.56 Å². The van der Waals surface area contributed by atoms with Crippen molar-refractivity contribution in [3.05, 3.63) is 101 Å². The Kier molecular flexibility index (Phi) is 7.76. The minimum atomic E-state index is 0.0167.